The Labute approximate surface area is 134 Å². The number of nitrogens with one attached hydrogen (secondary N) is 1. The van der Waals surface area contributed by atoms with Gasteiger partial charge in [-0.05, 0) is 62.7 Å². The molecule has 1 aromatic rings. The van der Waals surface area contributed by atoms with Crippen LogP contribution in [0.3, 0.4) is 0 Å². The second-order valence-electron chi connectivity index (χ2n) is 5.03. The Morgan fingerprint density at radius 3 is 2.60 bits per heavy atom. The van der Waals surface area contributed by atoms with Gasteiger partial charge in [0.1, 0.15) is 0 Å². The van der Waals surface area contributed by atoms with Gasteiger partial charge in [0.05, 0.1) is 5.54 Å². The van der Waals surface area contributed by atoms with Gasteiger partial charge in [0, 0.05) is 9.37 Å². The smallest absolute Gasteiger partial charge is 0.237 e. The molecule has 0 bridgehead atoms. The number of carbonyl (C=O) groups excluding carboxylic acids is 1. The lowest BCUT2D eigenvalue weighted by molar-refractivity contribution is -0.124. The van der Waals surface area contributed by atoms with Crippen LogP contribution in [-0.4, -0.2) is 23.7 Å². The summed E-state index contributed by atoms with van der Waals surface area (Å²) in [5, 5.41) is 3.26. The summed E-state index contributed by atoms with van der Waals surface area (Å²) in [7, 11) is 0. The lowest BCUT2D eigenvalue weighted by atomic mass is 9.95. The van der Waals surface area contributed by atoms with Gasteiger partial charge in [0.15, 0.2) is 0 Å². The number of benzene rings is 1. The van der Waals surface area contributed by atoms with E-state index in [4.69, 9.17) is 5.73 Å². The Morgan fingerprint density at radius 2 is 2.05 bits per heavy atom. The molecule has 1 aromatic carbocycles. The summed E-state index contributed by atoms with van der Waals surface area (Å²) in [6.07, 6.45) is 2.72. The summed E-state index contributed by atoms with van der Waals surface area (Å²) < 4.78 is 1.09. The van der Waals surface area contributed by atoms with Crippen LogP contribution in [-0.2, 0) is 4.79 Å². The zero-order valence-electron chi connectivity index (χ0n) is 12.1. The highest BCUT2D eigenvalue weighted by Crippen LogP contribution is 2.23. The van der Waals surface area contributed by atoms with Gasteiger partial charge >= 0.3 is 0 Å². The first kappa shape index (κ1) is 17.5. The van der Waals surface area contributed by atoms with Crippen molar-refractivity contribution < 1.29 is 4.79 Å². The second-order valence-corrected chi connectivity index (χ2v) is 7.11. The maximum atomic E-state index is 11.6. The van der Waals surface area contributed by atoms with Crippen molar-refractivity contribution in [1.29, 1.82) is 0 Å². The van der Waals surface area contributed by atoms with E-state index in [9.17, 15) is 4.79 Å². The monoisotopic (exact) mass is 358 g/mol. The molecule has 1 atom stereocenters. The Hall–Kier alpha value is -0.520. The molecule has 0 heterocycles. The van der Waals surface area contributed by atoms with Crippen molar-refractivity contribution in [2.24, 2.45) is 5.73 Å². The van der Waals surface area contributed by atoms with E-state index in [1.54, 1.807) is 11.8 Å². The van der Waals surface area contributed by atoms with E-state index < -0.39 is 5.54 Å². The molecule has 20 heavy (non-hydrogen) atoms. The van der Waals surface area contributed by atoms with Crippen molar-refractivity contribution >= 4 is 33.6 Å². The molecule has 0 saturated carbocycles. The molecule has 0 aliphatic heterocycles. The minimum atomic E-state index is -0.587. The van der Waals surface area contributed by atoms with E-state index in [1.807, 2.05) is 19.1 Å². The van der Waals surface area contributed by atoms with Gasteiger partial charge in [-0.25, -0.2) is 0 Å². The second kappa shape index (κ2) is 8.70. The number of hydrogen-bond acceptors (Lipinski definition) is 3. The van der Waals surface area contributed by atoms with Gasteiger partial charge < -0.3 is 11.1 Å². The van der Waals surface area contributed by atoms with Crippen LogP contribution in [0.4, 0.5) is 0 Å². The van der Waals surface area contributed by atoms with E-state index >= 15 is 0 Å². The van der Waals surface area contributed by atoms with Crippen molar-refractivity contribution in [3.8, 4) is 0 Å². The fourth-order valence-corrected chi connectivity index (χ4v) is 2.96. The number of carbonyl (C=O) groups is 1. The Bertz CT molecular complexity index is 424. The number of nitrogens with two attached hydrogens (primary N) is 1. The van der Waals surface area contributed by atoms with E-state index in [0.717, 1.165) is 36.0 Å². The molecule has 5 heteroatoms. The number of halogens is 1. The van der Waals surface area contributed by atoms with Crippen LogP contribution in [0.2, 0.25) is 0 Å². The summed E-state index contributed by atoms with van der Waals surface area (Å²) in [6, 6.07) is 8.27. The molecule has 0 aromatic heterocycles. The van der Waals surface area contributed by atoms with Gasteiger partial charge in [-0.1, -0.05) is 22.9 Å². The number of thioether (sulfide) groups is 1. The van der Waals surface area contributed by atoms with Crippen LogP contribution in [0, 0.1) is 0 Å². The minimum Gasteiger partial charge on any atom is -0.368 e. The highest BCUT2D eigenvalue weighted by atomic mass is 79.9. The van der Waals surface area contributed by atoms with Crippen LogP contribution in [0.5, 0.6) is 0 Å². The summed E-state index contributed by atoms with van der Waals surface area (Å²) >= 11 is 5.23. The zero-order chi connectivity index (χ0) is 15.0. The molecule has 3 N–H and O–H groups in total. The highest BCUT2D eigenvalue weighted by molar-refractivity contribution is 9.10. The first-order valence-electron chi connectivity index (χ1n) is 6.91. The van der Waals surface area contributed by atoms with E-state index in [0.29, 0.717) is 0 Å². The molecule has 112 valence electrons. The molecule has 0 aliphatic rings. The fraction of sp³-hybridized carbons (Fsp3) is 0.533. The molecule has 0 radical (unpaired) electrons. The van der Waals surface area contributed by atoms with Crippen LogP contribution >= 0.6 is 27.7 Å². The quantitative estimate of drug-likeness (QED) is 0.524. The molecule has 0 aliphatic carbocycles. The van der Waals surface area contributed by atoms with E-state index in [1.165, 1.54) is 4.90 Å². The topological polar surface area (TPSA) is 55.1 Å². The number of amides is 1. The lowest BCUT2D eigenvalue weighted by Crippen LogP contribution is -2.53. The standard InChI is InChI=1S/C15H23BrN2OS/c1-3-10-18-15(2,14(17)19)9-4-11-20-13-7-5-12(16)6-8-13/h5-8,18H,3-4,9-11H2,1-2H3,(H2,17,19). The minimum absolute atomic E-state index is 0.264. The van der Waals surface area contributed by atoms with Gasteiger partial charge in [-0.3, -0.25) is 4.79 Å². The van der Waals surface area contributed by atoms with Gasteiger partial charge in [0.25, 0.3) is 0 Å². The van der Waals surface area contributed by atoms with Gasteiger partial charge in [-0.2, -0.15) is 0 Å². The highest BCUT2D eigenvalue weighted by Gasteiger charge is 2.29. The van der Waals surface area contributed by atoms with Gasteiger partial charge in [0.2, 0.25) is 5.91 Å². The van der Waals surface area contributed by atoms with Crippen LogP contribution < -0.4 is 11.1 Å². The van der Waals surface area contributed by atoms with Crippen molar-refractivity contribution in [3.63, 3.8) is 0 Å². The van der Waals surface area contributed by atoms with E-state index in [2.05, 4.69) is 40.3 Å². The van der Waals surface area contributed by atoms with Crippen LogP contribution in [0.25, 0.3) is 0 Å². The van der Waals surface area contributed by atoms with Crippen molar-refractivity contribution in [2.45, 2.75) is 43.5 Å². The number of rotatable bonds is 9. The normalized spacial score (nSPS) is 13.9. The fourth-order valence-electron chi connectivity index (χ4n) is 1.85. The molecular formula is C15H23BrN2OS. The van der Waals surface area contributed by atoms with Gasteiger partial charge in [-0.15, -0.1) is 11.8 Å². The first-order valence-corrected chi connectivity index (χ1v) is 8.69. The van der Waals surface area contributed by atoms with Crippen molar-refractivity contribution in [2.75, 3.05) is 12.3 Å². The number of hydrogen-bond donors (Lipinski definition) is 2. The predicted octanol–water partition coefficient (Wildman–Crippen LogP) is 3.57. The summed E-state index contributed by atoms with van der Waals surface area (Å²) in [5.74, 6) is 0.720. The summed E-state index contributed by atoms with van der Waals surface area (Å²) in [4.78, 5) is 12.8. The molecule has 1 rings (SSSR count). The maximum absolute atomic E-state index is 11.6. The molecule has 1 amide bonds. The first-order chi connectivity index (χ1) is 9.48. The third kappa shape index (κ3) is 5.85. The molecule has 0 fully saturated rings. The third-order valence-electron chi connectivity index (χ3n) is 3.21. The average Bonchev–Trinajstić information content (AvgIpc) is 2.43. The van der Waals surface area contributed by atoms with Crippen LogP contribution in [0.15, 0.2) is 33.6 Å². The zero-order valence-corrected chi connectivity index (χ0v) is 14.5. The number of primary amides is 1. The van der Waals surface area contributed by atoms with Crippen LogP contribution in [0.1, 0.15) is 33.1 Å². The average molecular weight is 359 g/mol. The summed E-state index contributed by atoms with van der Waals surface area (Å²) in [5.41, 5.74) is 4.92. The SMILES string of the molecule is CCCNC(C)(CCCSc1ccc(Br)cc1)C(N)=O. The van der Waals surface area contributed by atoms with E-state index in [-0.39, 0.29) is 5.91 Å². The van der Waals surface area contributed by atoms with Crippen molar-refractivity contribution in [1.82, 2.24) is 5.32 Å². The molecular weight excluding hydrogens is 336 g/mol. The lowest BCUT2D eigenvalue weighted by Gasteiger charge is -2.27. The molecule has 3 nitrogen and oxygen atoms in total. The summed E-state index contributed by atoms with van der Waals surface area (Å²) in [6.45, 7) is 4.80. The Kier molecular flexibility index (Phi) is 7.62. The largest absolute Gasteiger partial charge is 0.368 e. The third-order valence-corrected chi connectivity index (χ3v) is 4.84. The maximum Gasteiger partial charge on any atom is 0.237 e. The predicted molar refractivity (Wildman–Crippen MR) is 90.0 cm³/mol. The molecule has 0 saturated heterocycles. The Balaban J connectivity index is 2.37. The molecule has 1 unspecified atom stereocenters. The molecule has 0 spiro atoms. The van der Waals surface area contributed by atoms with Crippen molar-refractivity contribution in [3.05, 3.63) is 28.7 Å². The Morgan fingerprint density at radius 1 is 1.40 bits per heavy atom.